The molecule has 0 saturated heterocycles. The first-order valence-electron chi connectivity index (χ1n) is 11.4. The van der Waals surface area contributed by atoms with E-state index < -0.39 is 0 Å². The highest BCUT2D eigenvalue weighted by Gasteiger charge is 2.20. The summed E-state index contributed by atoms with van der Waals surface area (Å²) in [5, 5.41) is 3.99. The van der Waals surface area contributed by atoms with E-state index >= 15 is 0 Å². The lowest BCUT2D eigenvalue weighted by Crippen LogP contribution is -2.13. The van der Waals surface area contributed by atoms with E-state index in [9.17, 15) is 9.18 Å². The number of pyridine rings is 2. The van der Waals surface area contributed by atoms with Crippen molar-refractivity contribution in [2.75, 3.05) is 5.32 Å². The maximum atomic E-state index is 14.5. The molecule has 5 aromatic rings. The maximum Gasteiger partial charge on any atom is 0.196 e. The molecule has 0 aliphatic rings. The first kappa shape index (κ1) is 22.5. The number of aromatic nitrogens is 2. The number of hydrogen-bond acceptors (Lipinski definition) is 5. The normalized spacial score (nSPS) is 12.0. The van der Waals surface area contributed by atoms with Gasteiger partial charge in [-0.05, 0) is 68.8 Å². The lowest BCUT2D eigenvalue weighted by atomic mass is 9.98. The van der Waals surface area contributed by atoms with Crippen molar-refractivity contribution in [2.24, 2.45) is 0 Å². The van der Waals surface area contributed by atoms with Crippen LogP contribution >= 0.6 is 0 Å². The van der Waals surface area contributed by atoms with Gasteiger partial charge in [0.1, 0.15) is 17.2 Å². The number of nitrogens with one attached hydrogen (secondary N) is 1. The molecular weight excluding hydrogens is 441 g/mol. The van der Waals surface area contributed by atoms with Gasteiger partial charge in [-0.2, -0.15) is 0 Å². The zero-order valence-corrected chi connectivity index (χ0v) is 19.7. The van der Waals surface area contributed by atoms with Gasteiger partial charge in [0.2, 0.25) is 0 Å². The van der Waals surface area contributed by atoms with Crippen LogP contribution in [-0.4, -0.2) is 9.97 Å². The third-order valence-electron chi connectivity index (χ3n) is 6.09. The molecule has 3 heterocycles. The molecule has 1 atom stereocenters. The minimum absolute atomic E-state index is 0.0734. The van der Waals surface area contributed by atoms with Crippen molar-refractivity contribution in [2.45, 2.75) is 26.8 Å². The zero-order valence-electron chi connectivity index (χ0n) is 19.7. The number of halogens is 1. The molecule has 0 spiro atoms. The highest BCUT2D eigenvalue weighted by Crippen LogP contribution is 2.34. The molecule has 2 aromatic carbocycles. The summed E-state index contributed by atoms with van der Waals surface area (Å²) in [5.41, 5.74) is 5.11. The molecular formula is C29H24FN3O2. The van der Waals surface area contributed by atoms with Crippen LogP contribution in [0.5, 0.6) is 0 Å². The molecule has 5 rings (SSSR count). The smallest absolute Gasteiger partial charge is 0.196 e. The van der Waals surface area contributed by atoms with Crippen LogP contribution in [0.3, 0.4) is 0 Å². The summed E-state index contributed by atoms with van der Waals surface area (Å²) in [6, 6.07) is 17.5. The van der Waals surface area contributed by atoms with Crippen molar-refractivity contribution in [3.05, 3.63) is 112 Å². The number of benzene rings is 2. The average Bonchev–Trinajstić information content (AvgIpc) is 2.87. The fourth-order valence-electron chi connectivity index (χ4n) is 4.36. The summed E-state index contributed by atoms with van der Waals surface area (Å²) in [6.45, 7) is 5.71. The molecule has 0 aliphatic carbocycles. The highest BCUT2D eigenvalue weighted by atomic mass is 19.1. The Kier molecular flexibility index (Phi) is 5.87. The van der Waals surface area contributed by atoms with Crippen LogP contribution in [0.1, 0.15) is 29.7 Å². The Morgan fingerprint density at radius 1 is 1.00 bits per heavy atom. The predicted molar refractivity (Wildman–Crippen MR) is 137 cm³/mol. The quantitative estimate of drug-likeness (QED) is 0.308. The van der Waals surface area contributed by atoms with Gasteiger partial charge in [-0.25, -0.2) is 4.39 Å². The fraction of sp³-hybridized carbons (Fsp3) is 0.138. The molecule has 3 aromatic heterocycles. The molecule has 35 heavy (non-hydrogen) atoms. The highest BCUT2D eigenvalue weighted by molar-refractivity contribution is 5.85. The lowest BCUT2D eigenvalue weighted by molar-refractivity contribution is 0.605. The van der Waals surface area contributed by atoms with Gasteiger partial charge in [0.15, 0.2) is 5.43 Å². The van der Waals surface area contributed by atoms with E-state index in [0.29, 0.717) is 39.2 Å². The average molecular weight is 466 g/mol. The molecule has 1 unspecified atom stereocenters. The topological polar surface area (TPSA) is 68.0 Å². The summed E-state index contributed by atoms with van der Waals surface area (Å²) < 4.78 is 20.9. The van der Waals surface area contributed by atoms with E-state index in [-0.39, 0.29) is 17.3 Å². The standard InChI is InChI=1S/C29H24FN3O2/c1-17-14-22(19(3)33-25-11-7-13-32-26(25)21-9-4-5-10-24(21)30)29-23(15-17)27(34)18(2)28(35-29)20-8-6-12-31-16-20/h4-16,19,33H,1-3H3. The first-order valence-corrected chi connectivity index (χ1v) is 11.4. The SMILES string of the molecule is Cc1cc(C(C)Nc2cccnc2-c2ccccc2F)c2oc(-c3cccnc3)c(C)c(=O)c2c1. The second-order valence-electron chi connectivity index (χ2n) is 8.60. The molecule has 5 nitrogen and oxygen atoms in total. The Labute approximate surface area is 202 Å². The number of aryl methyl sites for hydroxylation is 1. The van der Waals surface area contributed by atoms with Crippen LogP contribution in [0.4, 0.5) is 10.1 Å². The first-order chi connectivity index (χ1) is 16.9. The van der Waals surface area contributed by atoms with Crippen LogP contribution in [0.15, 0.2) is 88.5 Å². The lowest BCUT2D eigenvalue weighted by Gasteiger charge is -2.20. The Bertz CT molecular complexity index is 1600. The molecule has 6 heteroatoms. The Morgan fingerprint density at radius 3 is 2.57 bits per heavy atom. The van der Waals surface area contributed by atoms with Crippen LogP contribution in [0.2, 0.25) is 0 Å². The fourth-order valence-corrected chi connectivity index (χ4v) is 4.36. The van der Waals surface area contributed by atoms with E-state index in [2.05, 4.69) is 15.3 Å². The zero-order chi connectivity index (χ0) is 24.5. The molecule has 0 saturated carbocycles. The second-order valence-corrected chi connectivity index (χ2v) is 8.60. The van der Waals surface area contributed by atoms with Gasteiger partial charge in [-0.15, -0.1) is 0 Å². The molecule has 174 valence electrons. The van der Waals surface area contributed by atoms with Gasteiger partial charge in [-0.3, -0.25) is 14.8 Å². The van der Waals surface area contributed by atoms with Crippen molar-refractivity contribution in [1.29, 1.82) is 0 Å². The van der Waals surface area contributed by atoms with Crippen molar-refractivity contribution in [3.8, 4) is 22.6 Å². The van der Waals surface area contributed by atoms with E-state index in [4.69, 9.17) is 4.42 Å². The predicted octanol–water partition coefficient (Wildman–Crippen LogP) is 6.85. The van der Waals surface area contributed by atoms with Gasteiger partial charge in [0.25, 0.3) is 0 Å². The van der Waals surface area contributed by atoms with Crippen LogP contribution in [-0.2, 0) is 0 Å². The Hall–Kier alpha value is -4.32. The monoisotopic (exact) mass is 465 g/mol. The maximum absolute atomic E-state index is 14.5. The summed E-state index contributed by atoms with van der Waals surface area (Å²) >= 11 is 0. The van der Waals surface area contributed by atoms with Crippen molar-refractivity contribution < 1.29 is 8.81 Å². The third kappa shape index (κ3) is 4.19. The largest absolute Gasteiger partial charge is 0.455 e. The molecule has 0 bridgehead atoms. The van der Waals surface area contributed by atoms with Crippen LogP contribution in [0, 0.1) is 19.7 Å². The minimum atomic E-state index is -0.342. The Balaban J connectivity index is 1.64. The number of fused-ring (bicyclic) bond motifs is 1. The molecule has 1 N–H and O–H groups in total. The summed E-state index contributed by atoms with van der Waals surface area (Å²) in [4.78, 5) is 21.9. The van der Waals surface area contributed by atoms with Crippen LogP contribution < -0.4 is 10.7 Å². The number of rotatable bonds is 5. The molecule has 0 radical (unpaired) electrons. The summed E-state index contributed by atoms with van der Waals surface area (Å²) in [6.07, 6.45) is 5.00. The molecule has 0 fully saturated rings. The van der Waals surface area contributed by atoms with Gasteiger partial charge in [-0.1, -0.05) is 18.2 Å². The van der Waals surface area contributed by atoms with Gasteiger partial charge in [0, 0.05) is 40.8 Å². The van der Waals surface area contributed by atoms with Crippen LogP contribution in [0.25, 0.3) is 33.6 Å². The van der Waals surface area contributed by atoms with Crippen molar-refractivity contribution in [1.82, 2.24) is 9.97 Å². The summed E-state index contributed by atoms with van der Waals surface area (Å²) in [5.74, 6) is 0.159. The number of hydrogen-bond donors (Lipinski definition) is 1. The van der Waals surface area contributed by atoms with E-state index in [0.717, 1.165) is 16.7 Å². The third-order valence-corrected chi connectivity index (χ3v) is 6.09. The Morgan fingerprint density at radius 2 is 1.80 bits per heavy atom. The molecule has 0 amide bonds. The summed E-state index contributed by atoms with van der Waals surface area (Å²) in [7, 11) is 0. The van der Waals surface area contributed by atoms with Gasteiger partial charge < -0.3 is 9.73 Å². The van der Waals surface area contributed by atoms with E-state index in [1.165, 1.54) is 6.07 Å². The number of anilines is 1. The van der Waals surface area contributed by atoms with Gasteiger partial charge in [0.05, 0.1) is 22.8 Å². The van der Waals surface area contributed by atoms with Gasteiger partial charge >= 0.3 is 0 Å². The van der Waals surface area contributed by atoms with E-state index in [1.54, 1.807) is 49.8 Å². The second kappa shape index (κ2) is 9.14. The van der Waals surface area contributed by atoms with Crippen molar-refractivity contribution >= 4 is 16.7 Å². The minimum Gasteiger partial charge on any atom is -0.455 e. The van der Waals surface area contributed by atoms with E-state index in [1.807, 2.05) is 44.2 Å². The molecule has 0 aliphatic heterocycles. The number of nitrogens with zero attached hydrogens (tertiary/aromatic N) is 2. The van der Waals surface area contributed by atoms with Crippen molar-refractivity contribution in [3.63, 3.8) is 0 Å².